The molecule has 0 aliphatic carbocycles. The lowest BCUT2D eigenvalue weighted by Crippen LogP contribution is -2.75. The maximum absolute atomic E-state index is 13.5. The number of nitrogens with zero attached hydrogens (tertiary/aromatic N) is 3. The third-order valence-electron chi connectivity index (χ3n) is 5.36. The number of carbonyl (C=O) groups excluding carboxylic acids is 2. The van der Waals surface area contributed by atoms with Gasteiger partial charge in [0.05, 0.1) is 12.1 Å². The Kier molecular flexibility index (Phi) is 5.02. The number of carbonyl (C=O) groups is 2. The van der Waals surface area contributed by atoms with Crippen molar-refractivity contribution in [1.29, 1.82) is 5.26 Å². The van der Waals surface area contributed by atoms with Crippen LogP contribution in [0.1, 0.15) is 50.3 Å². The van der Waals surface area contributed by atoms with E-state index in [1.165, 1.54) is 21.6 Å². The Morgan fingerprint density at radius 3 is 2.42 bits per heavy atom. The number of hydrogen-bond acceptors (Lipinski definition) is 5. The molecule has 0 spiro atoms. The second-order valence-corrected chi connectivity index (χ2v) is 9.77. The minimum Gasteiger partial charge on any atom is -0.319 e. The average Bonchev–Trinajstić information content (AvgIpc) is 2.64. The van der Waals surface area contributed by atoms with Crippen LogP contribution in [0, 0.1) is 18.3 Å². The van der Waals surface area contributed by atoms with Gasteiger partial charge in [0, 0.05) is 19.9 Å². The van der Waals surface area contributed by atoms with Gasteiger partial charge in [-0.15, -0.1) is 0 Å². The number of benzene rings is 1. The molecule has 3 heterocycles. The topological polar surface area (TPSA) is 64.4 Å². The maximum atomic E-state index is 13.5. The lowest BCUT2D eigenvalue weighted by Gasteiger charge is -2.60. The van der Waals surface area contributed by atoms with Crippen molar-refractivity contribution in [1.82, 2.24) is 9.80 Å². The largest absolute Gasteiger partial charge is 0.319 e. The van der Waals surface area contributed by atoms with Gasteiger partial charge >= 0.3 is 0 Å². The molecule has 3 aliphatic rings. The Balaban J connectivity index is 2.12. The number of likely N-dealkylation sites (N-methyl/N-ethyl adjacent to an activating group) is 1. The zero-order valence-corrected chi connectivity index (χ0v) is 17.1. The Morgan fingerprint density at radius 2 is 1.85 bits per heavy atom. The van der Waals surface area contributed by atoms with Crippen molar-refractivity contribution < 1.29 is 9.59 Å². The standard InChI is InChI=1S/C19H23N3O2S2/c1-5-15(14-9-7-13(2)8-10-14)22-16(23)18(3)21(4)17(24)19(22,26-25-18)11-6-12-20/h7-10,15H,5-6,11H2,1-4H3. The molecule has 3 unspecified atom stereocenters. The van der Waals surface area contributed by atoms with Crippen LogP contribution in [0.3, 0.4) is 0 Å². The molecule has 5 nitrogen and oxygen atoms in total. The van der Waals surface area contributed by atoms with Gasteiger partial charge in [-0.25, -0.2) is 0 Å². The number of hydrogen-bond donors (Lipinski definition) is 0. The van der Waals surface area contributed by atoms with Gasteiger partial charge in [0.25, 0.3) is 11.8 Å². The minimum absolute atomic E-state index is 0.0475. The molecule has 0 aromatic heterocycles. The Bertz CT molecular complexity index is 776. The predicted molar refractivity (Wildman–Crippen MR) is 105 cm³/mol. The van der Waals surface area contributed by atoms with Crippen molar-refractivity contribution in [2.45, 2.75) is 55.8 Å². The van der Waals surface area contributed by atoms with Gasteiger partial charge in [-0.2, -0.15) is 5.26 Å². The van der Waals surface area contributed by atoms with Crippen molar-refractivity contribution >= 4 is 33.4 Å². The van der Waals surface area contributed by atoms with Crippen molar-refractivity contribution in [3.05, 3.63) is 35.4 Å². The van der Waals surface area contributed by atoms with E-state index < -0.39 is 9.74 Å². The highest BCUT2D eigenvalue weighted by Crippen LogP contribution is 2.62. The Morgan fingerprint density at radius 1 is 1.19 bits per heavy atom. The molecule has 4 rings (SSSR count). The quantitative estimate of drug-likeness (QED) is 0.716. The van der Waals surface area contributed by atoms with E-state index in [4.69, 9.17) is 5.26 Å². The molecule has 3 atom stereocenters. The average molecular weight is 390 g/mol. The first-order chi connectivity index (χ1) is 12.3. The molecule has 7 heteroatoms. The number of fused-ring (bicyclic) bond motifs is 3. The summed E-state index contributed by atoms with van der Waals surface area (Å²) < 4.78 is 0. The number of rotatable bonds is 5. The fourth-order valence-corrected chi connectivity index (χ4v) is 7.15. The first kappa shape index (κ1) is 19.1. The lowest BCUT2D eigenvalue weighted by atomic mass is 9.93. The number of piperazine rings is 1. The summed E-state index contributed by atoms with van der Waals surface area (Å²) in [6.45, 7) is 5.87. The third-order valence-corrected chi connectivity index (χ3v) is 9.12. The summed E-state index contributed by atoms with van der Waals surface area (Å²) in [5.41, 5.74) is 2.18. The van der Waals surface area contributed by atoms with Gasteiger partial charge in [-0.3, -0.25) is 9.59 Å². The molecule has 3 saturated heterocycles. The van der Waals surface area contributed by atoms with Crippen LogP contribution in [0.5, 0.6) is 0 Å². The SMILES string of the molecule is CCC(c1ccc(C)cc1)N1C(=O)C2(C)SSC1(CCC#N)C(=O)N2C. The van der Waals surface area contributed by atoms with Gasteiger partial charge in [-0.1, -0.05) is 58.3 Å². The summed E-state index contributed by atoms with van der Waals surface area (Å²) in [4.78, 5) is 28.2. The van der Waals surface area contributed by atoms with Crippen molar-refractivity contribution in [3.8, 4) is 6.07 Å². The van der Waals surface area contributed by atoms with Gasteiger partial charge < -0.3 is 9.80 Å². The first-order valence-electron chi connectivity index (χ1n) is 8.74. The van der Waals surface area contributed by atoms with E-state index in [9.17, 15) is 9.59 Å². The van der Waals surface area contributed by atoms with Crippen LogP contribution in [-0.4, -0.2) is 38.4 Å². The van der Waals surface area contributed by atoms with Crippen molar-refractivity contribution in [2.24, 2.45) is 0 Å². The van der Waals surface area contributed by atoms with Crippen LogP contribution in [-0.2, 0) is 9.59 Å². The maximum Gasteiger partial charge on any atom is 0.261 e. The highest BCUT2D eigenvalue weighted by Gasteiger charge is 2.67. The van der Waals surface area contributed by atoms with Gasteiger partial charge in [0.1, 0.15) is 0 Å². The Hall–Kier alpha value is -1.65. The fraction of sp³-hybridized carbons (Fsp3) is 0.526. The van der Waals surface area contributed by atoms with E-state index >= 15 is 0 Å². The lowest BCUT2D eigenvalue weighted by molar-refractivity contribution is -0.168. The van der Waals surface area contributed by atoms with Crippen LogP contribution in [0.15, 0.2) is 24.3 Å². The second-order valence-electron chi connectivity index (χ2n) is 6.97. The molecule has 0 N–H and O–H groups in total. The number of aryl methyl sites for hydroxylation is 1. The molecule has 2 bridgehead atoms. The summed E-state index contributed by atoms with van der Waals surface area (Å²) in [5, 5.41) is 9.12. The van der Waals surface area contributed by atoms with Crippen LogP contribution in [0.4, 0.5) is 0 Å². The molecule has 1 aromatic carbocycles. The summed E-state index contributed by atoms with van der Waals surface area (Å²) in [7, 11) is 4.57. The van der Waals surface area contributed by atoms with Gasteiger partial charge in [0.2, 0.25) is 0 Å². The van der Waals surface area contributed by atoms with E-state index in [0.717, 1.165) is 11.1 Å². The predicted octanol–water partition coefficient (Wildman–Crippen LogP) is 3.86. The van der Waals surface area contributed by atoms with Crippen molar-refractivity contribution in [2.75, 3.05) is 7.05 Å². The highest BCUT2D eigenvalue weighted by molar-refractivity contribution is 8.78. The van der Waals surface area contributed by atoms with Gasteiger partial charge in [0.15, 0.2) is 9.74 Å². The normalized spacial score (nSPS) is 29.0. The minimum atomic E-state index is -1.02. The molecule has 0 saturated carbocycles. The Labute approximate surface area is 162 Å². The summed E-state index contributed by atoms with van der Waals surface area (Å²) in [6.07, 6.45) is 1.29. The van der Waals surface area contributed by atoms with E-state index in [1.54, 1.807) is 16.8 Å². The fourth-order valence-electron chi connectivity index (χ4n) is 3.65. The molecular formula is C19H23N3O2S2. The molecule has 138 valence electrons. The monoisotopic (exact) mass is 389 g/mol. The molecule has 0 radical (unpaired) electrons. The van der Waals surface area contributed by atoms with E-state index in [0.29, 0.717) is 12.8 Å². The summed E-state index contributed by atoms with van der Waals surface area (Å²) >= 11 is 0. The van der Waals surface area contributed by atoms with E-state index in [-0.39, 0.29) is 24.3 Å². The van der Waals surface area contributed by atoms with Crippen LogP contribution < -0.4 is 0 Å². The van der Waals surface area contributed by atoms with Crippen LogP contribution in [0.2, 0.25) is 0 Å². The van der Waals surface area contributed by atoms with Crippen molar-refractivity contribution in [3.63, 3.8) is 0 Å². The highest BCUT2D eigenvalue weighted by atomic mass is 33.1. The zero-order valence-electron chi connectivity index (χ0n) is 15.5. The summed E-state index contributed by atoms with van der Waals surface area (Å²) in [5.74, 6) is -0.127. The van der Waals surface area contributed by atoms with E-state index in [2.05, 4.69) is 6.07 Å². The molecule has 3 fully saturated rings. The summed E-state index contributed by atoms with van der Waals surface area (Å²) in [6, 6.07) is 10.1. The molecule has 2 amide bonds. The first-order valence-corrected chi connectivity index (χ1v) is 10.9. The smallest absolute Gasteiger partial charge is 0.261 e. The van der Waals surface area contributed by atoms with Crippen LogP contribution >= 0.6 is 21.6 Å². The number of nitriles is 1. The van der Waals surface area contributed by atoms with Gasteiger partial charge in [-0.05, 0) is 25.8 Å². The molecule has 3 aliphatic heterocycles. The van der Waals surface area contributed by atoms with E-state index in [1.807, 2.05) is 45.0 Å². The zero-order chi connectivity index (χ0) is 19.1. The molecular weight excluding hydrogens is 366 g/mol. The molecule has 1 aromatic rings. The number of amides is 2. The van der Waals surface area contributed by atoms with Crippen LogP contribution in [0.25, 0.3) is 0 Å². The second kappa shape index (κ2) is 6.82. The molecule has 26 heavy (non-hydrogen) atoms. The third kappa shape index (κ3) is 2.62.